The molecule has 0 amide bonds. The maximum absolute atomic E-state index is 14.9. The van der Waals surface area contributed by atoms with Crippen molar-refractivity contribution in [2.24, 2.45) is 11.8 Å². The molecule has 1 aromatic carbocycles. The summed E-state index contributed by atoms with van der Waals surface area (Å²) in [5.41, 5.74) is 1.62. The van der Waals surface area contributed by atoms with Crippen LogP contribution in [0.2, 0.25) is 0 Å². The number of benzene rings is 1. The van der Waals surface area contributed by atoms with Crippen LogP contribution in [0.25, 0.3) is 0 Å². The van der Waals surface area contributed by atoms with E-state index in [1.165, 1.54) is 22.7 Å². The highest BCUT2D eigenvalue weighted by Crippen LogP contribution is 2.41. The number of piperazine rings is 1. The summed E-state index contributed by atoms with van der Waals surface area (Å²) in [7, 11) is -3.22. The van der Waals surface area contributed by atoms with Crippen LogP contribution >= 0.6 is 0 Å². The fourth-order valence-corrected chi connectivity index (χ4v) is 6.48. The lowest BCUT2D eigenvalue weighted by molar-refractivity contribution is 0.177. The standard InChI is InChI=1S/C25H33F2N5O3S/c1-3-17-12-28-25(29-13-17)31-15-19-10-21(11-20(19)16-31)35-24-22(26)8-18(9-23(24)27)14-30-4-6-32(7-5-30)36(2,33)34/h8-9,12-13,19-21H,3-7,10-11,14-16H2,1-2H3/t19-,20+,21?. The number of sulfonamides is 1. The van der Waals surface area contributed by atoms with Gasteiger partial charge in [0.15, 0.2) is 17.4 Å². The van der Waals surface area contributed by atoms with Gasteiger partial charge in [-0.2, -0.15) is 4.31 Å². The first-order valence-electron chi connectivity index (χ1n) is 12.6. The third-order valence-electron chi connectivity index (χ3n) is 7.64. The predicted octanol–water partition coefficient (Wildman–Crippen LogP) is 2.69. The summed E-state index contributed by atoms with van der Waals surface area (Å²) in [6, 6.07) is 2.66. The van der Waals surface area contributed by atoms with Crippen LogP contribution in [-0.2, 0) is 23.0 Å². The molecule has 2 aliphatic heterocycles. The second-order valence-electron chi connectivity index (χ2n) is 10.2. The Hall–Kier alpha value is -2.37. The van der Waals surface area contributed by atoms with Crippen molar-refractivity contribution >= 4 is 16.0 Å². The Kier molecular flexibility index (Phi) is 7.15. The third-order valence-corrected chi connectivity index (χ3v) is 8.94. The number of aromatic nitrogens is 2. The molecule has 1 aromatic heterocycles. The Labute approximate surface area is 211 Å². The molecule has 1 saturated carbocycles. The predicted molar refractivity (Wildman–Crippen MR) is 132 cm³/mol. The molecular formula is C25H33F2N5O3S. The number of aryl methyl sites for hydroxylation is 1. The van der Waals surface area contributed by atoms with Crippen molar-refractivity contribution in [2.45, 2.75) is 38.8 Å². The van der Waals surface area contributed by atoms with E-state index < -0.39 is 21.7 Å². The number of nitrogens with zero attached hydrogens (tertiary/aromatic N) is 5. The number of hydrogen-bond acceptors (Lipinski definition) is 7. The first-order valence-corrected chi connectivity index (χ1v) is 14.4. The quantitative estimate of drug-likeness (QED) is 0.554. The van der Waals surface area contributed by atoms with Crippen molar-refractivity contribution in [3.8, 4) is 5.75 Å². The van der Waals surface area contributed by atoms with E-state index in [9.17, 15) is 17.2 Å². The summed E-state index contributed by atoms with van der Waals surface area (Å²) < 4.78 is 60.4. The zero-order valence-corrected chi connectivity index (χ0v) is 21.6. The Morgan fingerprint density at radius 2 is 1.56 bits per heavy atom. The lowest BCUT2D eigenvalue weighted by atomic mass is 10.0. The van der Waals surface area contributed by atoms with Crippen LogP contribution in [-0.4, -0.2) is 79.2 Å². The van der Waals surface area contributed by atoms with E-state index in [2.05, 4.69) is 21.8 Å². The first-order chi connectivity index (χ1) is 17.2. The molecule has 0 N–H and O–H groups in total. The molecule has 3 heterocycles. The van der Waals surface area contributed by atoms with E-state index in [4.69, 9.17) is 4.74 Å². The summed E-state index contributed by atoms with van der Waals surface area (Å²) in [4.78, 5) is 13.2. The van der Waals surface area contributed by atoms with Crippen molar-refractivity contribution in [3.05, 3.63) is 47.3 Å². The fourth-order valence-electron chi connectivity index (χ4n) is 5.66. The number of anilines is 1. The molecule has 11 heteroatoms. The van der Waals surface area contributed by atoms with Crippen molar-refractivity contribution < 1.29 is 21.9 Å². The van der Waals surface area contributed by atoms with E-state index in [0.29, 0.717) is 50.1 Å². The Bertz CT molecular complexity index is 1150. The summed E-state index contributed by atoms with van der Waals surface area (Å²) in [6.45, 7) is 5.87. The largest absolute Gasteiger partial charge is 0.484 e. The maximum Gasteiger partial charge on any atom is 0.225 e. The minimum atomic E-state index is -3.22. The van der Waals surface area contributed by atoms with Gasteiger partial charge in [0, 0.05) is 58.2 Å². The summed E-state index contributed by atoms with van der Waals surface area (Å²) in [5, 5.41) is 0. The van der Waals surface area contributed by atoms with E-state index in [-0.39, 0.29) is 11.9 Å². The van der Waals surface area contributed by atoms with Gasteiger partial charge in [-0.3, -0.25) is 4.90 Å². The molecule has 2 aromatic rings. The van der Waals surface area contributed by atoms with Gasteiger partial charge in [0.25, 0.3) is 0 Å². The van der Waals surface area contributed by atoms with Gasteiger partial charge in [0.1, 0.15) is 0 Å². The molecule has 3 fully saturated rings. The molecule has 0 spiro atoms. The zero-order chi connectivity index (χ0) is 25.4. The number of fused-ring (bicyclic) bond motifs is 1. The highest BCUT2D eigenvalue weighted by Gasteiger charge is 2.43. The average molecular weight is 522 g/mol. The molecular weight excluding hydrogens is 488 g/mol. The molecule has 1 unspecified atom stereocenters. The topological polar surface area (TPSA) is 78.9 Å². The molecule has 3 atom stereocenters. The number of halogens is 2. The van der Waals surface area contributed by atoms with Crippen molar-refractivity contribution in [2.75, 3.05) is 50.4 Å². The van der Waals surface area contributed by atoms with Crippen molar-refractivity contribution in [3.63, 3.8) is 0 Å². The van der Waals surface area contributed by atoms with Crippen LogP contribution in [0.5, 0.6) is 5.75 Å². The van der Waals surface area contributed by atoms with Gasteiger partial charge in [-0.15, -0.1) is 0 Å². The Morgan fingerprint density at radius 3 is 2.08 bits per heavy atom. The zero-order valence-electron chi connectivity index (χ0n) is 20.7. The summed E-state index contributed by atoms with van der Waals surface area (Å²) >= 11 is 0. The van der Waals surface area contributed by atoms with Gasteiger partial charge >= 0.3 is 0 Å². The van der Waals surface area contributed by atoms with E-state index in [1.807, 2.05) is 17.3 Å². The molecule has 5 rings (SSSR count). The molecule has 196 valence electrons. The molecule has 0 bridgehead atoms. The van der Waals surface area contributed by atoms with Crippen molar-refractivity contribution in [1.29, 1.82) is 0 Å². The maximum atomic E-state index is 14.9. The van der Waals surface area contributed by atoms with Gasteiger partial charge in [0.05, 0.1) is 12.4 Å². The second kappa shape index (κ2) is 10.2. The third kappa shape index (κ3) is 5.47. The number of ether oxygens (including phenoxy) is 1. The second-order valence-corrected chi connectivity index (χ2v) is 12.2. The molecule has 0 radical (unpaired) electrons. The highest BCUT2D eigenvalue weighted by molar-refractivity contribution is 7.88. The fraction of sp³-hybridized carbons (Fsp3) is 0.600. The number of rotatable bonds is 7. The smallest absolute Gasteiger partial charge is 0.225 e. The Morgan fingerprint density at radius 1 is 0.972 bits per heavy atom. The van der Waals surface area contributed by atoms with Gasteiger partial charge in [-0.1, -0.05) is 6.92 Å². The van der Waals surface area contributed by atoms with Gasteiger partial charge in [-0.25, -0.2) is 27.2 Å². The lowest BCUT2D eigenvalue weighted by Crippen LogP contribution is -2.47. The van der Waals surface area contributed by atoms with E-state index in [1.54, 1.807) is 0 Å². The van der Waals surface area contributed by atoms with Crippen LogP contribution in [0.1, 0.15) is 30.9 Å². The van der Waals surface area contributed by atoms with Crippen LogP contribution in [0, 0.1) is 23.5 Å². The van der Waals surface area contributed by atoms with Gasteiger partial charge in [0.2, 0.25) is 16.0 Å². The molecule has 3 aliphatic rings. The molecule has 8 nitrogen and oxygen atoms in total. The minimum absolute atomic E-state index is 0.218. The van der Waals surface area contributed by atoms with Crippen LogP contribution in [0.15, 0.2) is 24.5 Å². The SMILES string of the molecule is CCc1cnc(N2C[C@H]3CC(Oc4c(F)cc(CN5CCN(S(C)(=O)=O)CC5)cc4F)C[C@H]3C2)nc1. The van der Waals surface area contributed by atoms with Gasteiger partial charge < -0.3 is 9.64 Å². The summed E-state index contributed by atoms with van der Waals surface area (Å²) in [5.74, 6) is -0.169. The van der Waals surface area contributed by atoms with Crippen molar-refractivity contribution in [1.82, 2.24) is 19.2 Å². The number of hydrogen-bond donors (Lipinski definition) is 0. The molecule has 1 aliphatic carbocycles. The summed E-state index contributed by atoms with van der Waals surface area (Å²) in [6.07, 6.45) is 7.11. The molecule has 2 saturated heterocycles. The van der Waals surface area contributed by atoms with Crippen LogP contribution in [0.3, 0.4) is 0 Å². The highest BCUT2D eigenvalue weighted by atomic mass is 32.2. The Balaban J connectivity index is 1.15. The van der Waals surface area contributed by atoms with Gasteiger partial charge in [-0.05, 0) is 54.4 Å². The van der Waals surface area contributed by atoms with Crippen LogP contribution < -0.4 is 9.64 Å². The van der Waals surface area contributed by atoms with E-state index in [0.717, 1.165) is 43.9 Å². The van der Waals surface area contributed by atoms with Crippen LogP contribution in [0.4, 0.5) is 14.7 Å². The molecule has 36 heavy (non-hydrogen) atoms. The average Bonchev–Trinajstić information content (AvgIpc) is 3.40. The minimum Gasteiger partial charge on any atom is -0.484 e. The van der Waals surface area contributed by atoms with E-state index >= 15 is 0 Å². The first kappa shape index (κ1) is 25.3. The normalized spacial score (nSPS) is 25.3. The lowest BCUT2D eigenvalue weighted by Gasteiger charge is -2.33. The monoisotopic (exact) mass is 521 g/mol.